The predicted octanol–water partition coefficient (Wildman–Crippen LogP) is 2.34. The summed E-state index contributed by atoms with van der Waals surface area (Å²) in [4.78, 5) is 4.40. The molecule has 1 aromatic carbocycles. The molecule has 0 aliphatic carbocycles. The first-order valence-electron chi connectivity index (χ1n) is 6.77. The summed E-state index contributed by atoms with van der Waals surface area (Å²) in [6.45, 7) is 8.37. The third-order valence-corrected chi connectivity index (χ3v) is 2.41. The molecule has 0 aliphatic heterocycles. The third-order valence-electron chi connectivity index (χ3n) is 2.41. The molecule has 2 N–H and O–H groups in total. The summed E-state index contributed by atoms with van der Waals surface area (Å²) >= 11 is 0. The van der Waals surface area contributed by atoms with Gasteiger partial charge in [-0.05, 0) is 31.2 Å². The molecule has 5 heteroatoms. The van der Waals surface area contributed by atoms with E-state index in [1.807, 2.05) is 6.92 Å². The van der Waals surface area contributed by atoms with Gasteiger partial charge in [0.1, 0.15) is 11.6 Å². The first-order chi connectivity index (χ1) is 9.76. The maximum absolute atomic E-state index is 12.7. The molecular weight excluding hydrogens is 257 g/mol. The van der Waals surface area contributed by atoms with Crippen LogP contribution in [0.4, 0.5) is 4.39 Å². The molecule has 0 aromatic heterocycles. The van der Waals surface area contributed by atoms with Crippen LogP contribution in [0.15, 0.2) is 41.9 Å². The van der Waals surface area contributed by atoms with Gasteiger partial charge >= 0.3 is 0 Å². The van der Waals surface area contributed by atoms with Crippen molar-refractivity contribution >= 4 is 5.96 Å². The van der Waals surface area contributed by atoms with Crippen molar-refractivity contribution in [1.29, 1.82) is 0 Å². The van der Waals surface area contributed by atoms with Gasteiger partial charge in [0, 0.05) is 26.1 Å². The molecule has 0 fully saturated rings. The van der Waals surface area contributed by atoms with Gasteiger partial charge in [0.25, 0.3) is 0 Å². The van der Waals surface area contributed by atoms with Crippen LogP contribution in [0.3, 0.4) is 0 Å². The molecule has 1 rings (SSSR count). The van der Waals surface area contributed by atoms with Crippen LogP contribution in [0, 0.1) is 5.82 Å². The lowest BCUT2D eigenvalue weighted by molar-refractivity contribution is 0.313. The van der Waals surface area contributed by atoms with E-state index in [2.05, 4.69) is 22.2 Å². The number of benzene rings is 1. The smallest absolute Gasteiger partial charge is 0.191 e. The number of halogens is 1. The Hall–Kier alpha value is -2.04. The minimum Gasteiger partial charge on any atom is -0.494 e. The molecule has 0 aliphatic rings. The zero-order valence-electron chi connectivity index (χ0n) is 11.9. The van der Waals surface area contributed by atoms with Crippen LogP contribution in [-0.2, 0) is 0 Å². The number of rotatable bonds is 8. The number of nitrogens with one attached hydrogen (secondary N) is 2. The molecule has 0 heterocycles. The van der Waals surface area contributed by atoms with Crippen molar-refractivity contribution in [3.05, 3.63) is 42.7 Å². The molecule has 0 radical (unpaired) electrons. The van der Waals surface area contributed by atoms with Gasteiger partial charge in [-0.25, -0.2) is 4.39 Å². The van der Waals surface area contributed by atoms with Gasteiger partial charge in [-0.2, -0.15) is 0 Å². The van der Waals surface area contributed by atoms with Crippen molar-refractivity contribution in [1.82, 2.24) is 10.6 Å². The van der Waals surface area contributed by atoms with E-state index in [0.29, 0.717) is 25.4 Å². The Morgan fingerprint density at radius 3 is 2.75 bits per heavy atom. The number of ether oxygens (including phenoxy) is 1. The first kappa shape index (κ1) is 16.0. The summed E-state index contributed by atoms with van der Waals surface area (Å²) in [5.74, 6) is 1.19. The van der Waals surface area contributed by atoms with Gasteiger partial charge in [0.05, 0.1) is 6.61 Å². The van der Waals surface area contributed by atoms with E-state index in [9.17, 15) is 4.39 Å². The molecule has 0 amide bonds. The fraction of sp³-hybridized carbons (Fsp3) is 0.400. The molecule has 20 heavy (non-hydrogen) atoms. The van der Waals surface area contributed by atoms with E-state index in [0.717, 1.165) is 18.9 Å². The number of aliphatic imine (C=N–C) groups is 1. The molecule has 0 atom stereocenters. The number of nitrogens with zero attached hydrogens (tertiary/aromatic N) is 1. The Kier molecular flexibility index (Phi) is 7.87. The van der Waals surface area contributed by atoms with Crippen molar-refractivity contribution in [3.8, 4) is 5.75 Å². The highest BCUT2D eigenvalue weighted by atomic mass is 19.1. The average molecular weight is 279 g/mol. The highest BCUT2D eigenvalue weighted by molar-refractivity contribution is 5.79. The Bertz CT molecular complexity index is 418. The van der Waals surface area contributed by atoms with Crippen LogP contribution in [0.1, 0.15) is 13.3 Å². The SMILES string of the molecule is C=CCNC(=NCCCOc1ccc(F)cc1)NCC. The highest BCUT2D eigenvalue weighted by Crippen LogP contribution is 2.10. The van der Waals surface area contributed by atoms with Crippen molar-refractivity contribution in [2.45, 2.75) is 13.3 Å². The monoisotopic (exact) mass is 279 g/mol. The predicted molar refractivity (Wildman–Crippen MR) is 80.7 cm³/mol. The molecule has 0 spiro atoms. The second-order valence-electron chi connectivity index (χ2n) is 4.09. The summed E-state index contributed by atoms with van der Waals surface area (Å²) in [7, 11) is 0. The van der Waals surface area contributed by atoms with Crippen molar-refractivity contribution in [3.63, 3.8) is 0 Å². The minimum absolute atomic E-state index is 0.259. The fourth-order valence-corrected chi connectivity index (χ4v) is 1.49. The van der Waals surface area contributed by atoms with Crippen molar-refractivity contribution in [2.75, 3.05) is 26.2 Å². The maximum atomic E-state index is 12.7. The topological polar surface area (TPSA) is 45.7 Å². The summed E-state index contributed by atoms with van der Waals surface area (Å²) < 4.78 is 18.2. The van der Waals surface area contributed by atoms with Crippen LogP contribution in [0.25, 0.3) is 0 Å². The van der Waals surface area contributed by atoms with E-state index in [4.69, 9.17) is 4.74 Å². The summed E-state index contributed by atoms with van der Waals surface area (Å²) in [5.41, 5.74) is 0. The minimum atomic E-state index is -0.259. The summed E-state index contributed by atoms with van der Waals surface area (Å²) in [6, 6.07) is 6.01. The Labute approximate surface area is 119 Å². The number of guanidine groups is 1. The molecule has 110 valence electrons. The van der Waals surface area contributed by atoms with Gasteiger partial charge in [-0.1, -0.05) is 6.08 Å². The standard InChI is InChI=1S/C15H22FN3O/c1-3-10-18-15(17-4-2)19-11-5-12-20-14-8-6-13(16)7-9-14/h3,6-9H,1,4-5,10-12H2,2H3,(H2,17,18,19). The van der Waals surface area contributed by atoms with E-state index < -0.39 is 0 Å². The van der Waals surface area contributed by atoms with Crippen molar-refractivity contribution < 1.29 is 9.13 Å². The van der Waals surface area contributed by atoms with Crippen LogP contribution >= 0.6 is 0 Å². The van der Waals surface area contributed by atoms with Crippen LogP contribution in [0.5, 0.6) is 5.75 Å². The lowest BCUT2D eigenvalue weighted by Crippen LogP contribution is -2.37. The lowest BCUT2D eigenvalue weighted by Gasteiger charge is -2.09. The first-order valence-corrected chi connectivity index (χ1v) is 6.77. The summed E-state index contributed by atoms with van der Waals surface area (Å²) in [5, 5.41) is 6.26. The number of hydrogen-bond acceptors (Lipinski definition) is 2. The molecule has 0 saturated heterocycles. The van der Waals surface area contributed by atoms with E-state index in [1.54, 1.807) is 18.2 Å². The van der Waals surface area contributed by atoms with Gasteiger partial charge in [-0.3, -0.25) is 4.99 Å². The largest absolute Gasteiger partial charge is 0.494 e. The van der Waals surface area contributed by atoms with Gasteiger partial charge < -0.3 is 15.4 Å². The van der Waals surface area contributed by atoms with E-state index in [-0.39, 0.29) is 5.82 Å². The zero-order valence-corrected chi connectivity index (χ0v) is 11.9. The lowest BCUT2D eigenvalue weighted by atomic mass is 10.3. The van der Waals surface area contributed by atoms with Crippen LogP contribution in [-0.4, -0.2) is 32.2 Å². The summed E-state index contributed by atoms with van der Waals surface area (Å²) in [6.07, 6.45) is 2.58. The Balaban J connectivity index is 2.24. The fourth-order valence-electron chi connectivity index (χ4n) is 1.49. The second-order valence-corrected chi connectivity index (χ2v) is 4.09. The van der Waals surface area contributed by atoms with Gasteiger partial charge in [-0.15, -0.1) is 6.58 Å². The number of hydrogen-bond donors (Lipinski definition) is 2. The molecule has 0 bridgehead atoms. The normalized spacial score (nSPS) is 11.0. The Morgan fingerprint density at radius 1 is 1.35 bits per heavy atom. The highest BCUT2D eigenvalue weighted by Gasteiger charge is 1.96. The van der Waals surface area contributed by atoms with Gasteiger partial charge in [0.2, 0.25) is 0 Å². The quantitative estimate of drug-likeness (QED) is 0.332. The molecular formula is C15H22FN3O. The van der Waals surface area contributed by atoms with Gasteiger partial charge in [0.15, 0.2) is 5.96 Å². The molecule has 1 aromatic rings. The van der Waals surface area contributed by atoms with Crippen molar-refractivity contribution in [2.24, 2.45) is 4.99 Å². The maximum Gasteiger partial charge on any atom is 0.191 e. The molecule has 0 saturated carbocycles. The van der Waals surface area contributed by atoms with E-state index >= 15 is 0 Å². The zero-order chi connectivity index (χ0) is 14.6. The van der Waals surface area contributed by atoms with E-state index in [1.165, 1.54) is 12.1 Å². The van der Waals surface area contributed by atoms with Crippen LogP contribution < -0.4 is 15.4 Å². The average Bonchev–Trinajstić information content (AvgIpc) is 2.46. The molecule has 4 nitrogen and oxygen atoms in total. The Morgan fingerprint density at radius 2 is 2.10 bits per heavy atom. The second kappa shape index (κ2) is 9.83. The third kappa shape index (κ3) is 6.78. The van der Waals surface area contributed by atoms with Crippen LogP contribution in [0.2, 0.25) is 0 Å². The molecule has 0 unspecified atom stereocenters.